The molecule has 1 aliphatic rings. The third-order valence-electron chi connectivity index (χ3n) is 4.30. The van der Waals surface area contributed by atoms with Crippen molar-refractivity contribution in [1.82, 2.24) is 15.2 Å². The lowest BCUT2D eigenvalue weighted by Crippen LogP contribution is -2.32. The monoisotopic (exact) mass is 338 g/mol. The number of anilines is 1. The van der Waals surface area contributed by atoms with Gasteiger partial charge >= 0.3 is 6.03 Å². The summed E-state index contributed by atoms with van der Waals surface area (Å²) < 4.78 is 0. The minimum Gasteiger partial charge on any atom is -0.339 e. The highest BCUT2D eigenvalue weighted by atomic mass is 16.2. The second-order valence-corrected chi connectivity index (χ2v) is 6.17. The van der Waals surface area contributed by atoms with Crippen LogP contribution >= 0.6 is 0 Å². The first-order chi connectivity index (χ1) is 12.1. The summed E-state index contributed by atoms with van der Waals surface area (Å²) in [5.41, 5.74) is 2.89. The van der Waals surface area contributed by atoms with E-state index in [0.717, 1.165) is 37.1 Å². The predicted octanol–water partition coefficient (Wildman–Crippen LogP) is 2.95. The van der Waals surface area contributed by atoms with Gasteiger partial charge in [0.15, 0.2) is 0 Å². The van der Waals surface area contributed by atoms with Crippen molar-refractivity contribution >= 4 is 17.6 Å². The van der Waals surface area contributed by atoms with Gasteiger partial charge in [0.05, 0.1) is 11.3 Å². The number of benzene rings is 1. The number of hydrogen-bond donors (Lipinski definition) is 2. The average molecular weight is 338 g/mol. The molecule has 2 N–H and O–H groups in total. The lowest BCUT2D eigenvalue weighted by Gasteiger charge is -2.19. The largest absolute Gasteiger partial charge is 0.339 e. The molecule has 1 aliphatic heterocycles. The van der Waals surface area contributed by atoms with E-state index >= 15 is 0 Å². The summed E-state index contributed by atoms with van der Waals surface area (Å²) in [7, 11) is 0. The molecule has 0 atom stereocenters. The number of pyridine rings is 1. The number of aromatic nitrogens is 1. The molecule has 6 heteroatoms. The first-order valence-corrected chi connectivity index (χ1v) is 8.48. The van der Waals surface area contributed by atoms with Crippen molar-refractivity contribution in [3.63, 3.8) is 0 Å². The molecule has 25 heavy (non-hydrogen) atoms. The Morgan fingerprint density at radius 2 is 1.96 bits per heavy atom. The number of carbonyl (C=O) groups is 2. The Morgan fingerprint density at radius 1 is 1.16 bits per heavy atom. The van der Waals surface area contributed by atoms with Gasteiger partial charge in [0, 0.05) is 32.0 Å². The van der Waals surface area contributed by atoms with E-state index in [0.29, 0.717) is 17.8 Å². The molecule has 1 aromatic heterocycles. The van der Waals surface area contributed by atoms with Gasteiger partial charge in [0.1, 0.15) is 0 Å². The number of urea groups is 1. The lowest BCUT2D eigenvalue weighted by atomic mass is 10.1. The van der Waals surface area contributed by atoms with Crippen molar-refractivity contribution < 1.29 is 9.59 Å². The van der Waals surface area contributed by atoms with Crippen LogP contribution in [0.5, 0.6) is 0 Å². The molecule has 0 unspecified atom stereocenters. The van der Waals surface area contributed by atoms with Crippen LogP contribution < -0.4 is 10.6 Å². The van der Waals surface area contributed by atoms with Crippen LogP contribution in [0, 0.1) is 6.92 Å². The Bertz CT molecular complexity index is 755. The highest BCUT2D eigenvalue weighted by molar-refractivity contribution is 6.04. The molecule has 3 rings (SSSR count). The van der Waals surface area contributed by atoms with E-state index in [2.05, 4.69) is 15.6 Å². The summed E-state index contributed by atoms with van der Waals surface area (Å²) in [4.78, 5) is 30.9. The van der Waals surface area contributed by atoms with Crippen LogP contribution in [0.15, 0.2) is 42.7 Å². The summed E-state index contributed by atoms with van der Waals surface area (Å²) in [5.74, 6) is -0.0156. The Hall–Kier alpha value is -2.89. The van der Waals surface area contributed by atoms with E-state index in [1.165, 1.54) is 0 Å². The molecular formula is C19H22N4O2. The van der Waals surface area contributed by atoms with Crippen LogP contribution in [0.4, 0.5) is 10.5 Å². The first-order valence-electron chi connectivity index (χ1n) is 8.48. The molecule has 0 bridgehead atoms. The maximum Gasteiger partial charge on any atom is 0.319 e. The Labute approximate surface area is 147 Å². The van der Waals surface area contributed by atoms with Gasteiger partial charge in [-0.3, -0.25) is 9.78 Å². The molecule has 1 fully saturated rings. The third kappa shape index (κ3) is 4.15. The average Bonchev–Trinajstić information content (AvgIpc) is 3.15. The van der Waals surface area contributed by atoms with Crippen LogP contribution in [-0.4, -0.2) is 34.9 Å². The topological polar surface area (TPSA) is 74.3 Å². The number of nitrogens with one attached hydrogen (secondary N) is 2. The number of likely N-dealkylation sites (tertiary alicyclic amines) is 1. The van der Waals surface area contributed by atoms with Crippen molar-refractivity contribution in [3.05, 3.63) is 59.4 Å². The van der Waals surface area contributed by atoms with Crippen LogP contribution in [0.25, 0.3) is 0 Å². The maximum atomic E-state index is 12.8. The van der Waals surface area contributed by atoms with E-state index in [1.807, 2.05) is 36.1 Å². The molecule has 0 saturated carbocycles. The van der Waals surface area contributed by atoms with E-state index in [9.17, 15) is 9.59 Å². The van der Waals surface area contributed by atoms with Gasteiger partial charge in [-0.25, -0.2) is 4.79 Å². The van der Waals surface area contributed by atoms with Gasteiger partial charge in [-0.2, -0.15) is 0 Å². The smallest absolute Gasteiger partial charge is 0.319 e. The van der Waals surface area contributed by atoms with Crippen molar-refractivity contribution in [2.24, 2.45) is 0 Å². The van der Waals surface area contributed by atoms with Gasteiger partial charge in [-0.1, -0.05) is 18.2 Å². The quantitative estimate of drug-likeness (QED) is 0.900. The highest BCUT2D eigenvalue weighted by Crippen LogP contribution is 2.23. The Kier molecular flexibility index (Phi) is 5.28. The third-order valence-corrected chi connectivity index (χ3v) is 4.30. The van der Waals surface area contributed by atoms with Crippen molar-refractivity contribution in [1.29, 1.82) is 0 Å². The minimum absolute atomic E-state index is 0.0156. The van der Waals surface area contributed by atoms with Gasteiger partial charge in [-0.15, -0.1) is 0 Å². The Balaban J connectivity index is 1.70. The second kappa shape index (κ2) is 7.79. The zero-order chi connectivity index (χ0) is 17.6. The number of rotatable bonds is 4. The molecular weight excluding hydrogens is 316 g/mol. The predicted molar refractivity (Wildman–Crippen MR) is 96.4 cm³/mol. The van der Waals surface area contributed by atoms with E-state index in [4.69, 9.17) is 0 Å². The van der Waals surface area contributed by atoms with Gasteiger partial charge in [-0.05, 0) is 43.0 Å². The van der Waals surface area contributed by atoms with Crippen molar-refractivity contribution in [2.75, 3.05) is 18.4 Å². The molecule has 1 saturated heterocycles. The number of aryl methyl sites for hydroxylation is 1. The molecule has 0 aliphatic carbocycles. The summed E-state index contributed by atoms with van der Waals surface area (Å²) in [6.45, 7) is 3.82. The zero-order valence-electron chi connectivity index (χ0n) is 14.3. The normalized spacial score (nSPS) is 13.6. The number of carbonyl (C=O) groups excluding carboxylic acids is 2. The minimum atomic E-state index is -0.343. The van der Waals surface area contributed by atoms with Gasteiger partial charge < -0.3 is 15.5 Å². The van der Waals surface area contributed by atoms with Crippen LogP contribution in [0.2, 0.25) is 0 Å². The first kappa shape index (κ1) is 17.0. The number of amides is 3. The lowest BCUT2D eigenvalue weighted by molar-refractivity contribution is 0.0793. The fraction of sp³-hybridized carbons (Fsp3) is 0.316. The SMILES string of the molecule is Cc1cccc(NC(=O)NCc2cccnc2)c1C(=O)N1CCCC1. The summed E-state index contributed by atoms with van der Waals surface area (Å²) >= 11 is 0. The van der Waals surface area contributed by atoms with Gasteiger partial charge in [0.2, 0.25) is 0 Å². The Morgan fingerprint density at radius 3 is 2.68 bits per heavy atom. The standard InChI is InChI=1S/C19H22N4O2/c1-14-6-4-8-16(17(14)18(24)23-10-2-3-11-23)22-19(25)21-13-15-7-5-9-20-12-15/h4-9,12H,2-3,10-11,13H2,1H3,(H2,21,22,25). The summed E-state index contributed by atoms with van der Waals surface area (Å²) in [5, 5.41) is 5.60. The fourth-order valence-corrected chi connectivity index (χ4v) is 2.99. The van der Waals surface area contributed by atoms with E-state index < -0.39 is 0 Å². The van der Waals surface area contributed by atoms with Crippen LogP contribution in [-0.2, 0) is 6.54 Å². The fourth-order valence-electron chi connectivity index (χ4n) is 2.99. The molecule has 2 heterocycles. The molecule has 3 amide bonds. The van der Waals surface area contributed by atoms with E-state index in [-0.39, 0.29) is 11.9 Å². The molecule has 0 spiro atoms. The summed E-state index contributed by atoms with van der Waals surface area (Å²) in [6, 6.07) is 8.87. The summed E-state index contributed by atoms with van der Waals surface area (Å²) in [6.07, 6.45) is 5.46. The van der Waals surface area contributed by atoms with Crippen LogP contribution in [0.1, 0.15) is 34.3 Å². The van der Waals surface area contributed by atoms with E-state index in [1.54, 1.807) is 18.5 Å². The van der Waals surface area contributed by atoms with Crippen LogP contribution in [0.3, 0.4) is 0 Å². The highest BCUT2D eigenvalue weighted by Gasteiger charge is 2.23. The van der Waals surface area contributed by atoms with Crippen molar-refractivity contribution in [2.45, 2.75) is 26.3 Å². The molecule has 1 aromatic carbocycles. The molecule has 0 radical (unpaired) electrons. The molecule has 2 aromatic rings. The molecule has 6 nitrogen and oxygen atoms in total. The number of nitrogens with zero attached hydrogens (tertiary/aromatic N) is 2. The maximum absolute atomic E-state index is 12.8. The second-order valence-electron chi connectivity index (χ2n) is 6.17. The van der Waals surface area contributed by atoms with Gasteiger partial charge in [0.25, 0.3) is 5.91 Å². The van der Waals surface area contributed by atoms with Crippen molar-refractivity contribution in [3.8, 4) is 0 Å². The zero-order valence-corrected chi connectivity index (χ0v) is 14.3. The molecule has 130 valence electrons. The number of hydrogen-bond acceptors (Lipinski definition) is 3.